The van der Waals surface area contributed by atoms with Crippen molar-refractivity contribution in [1.29, 1.82) is 0 Å². The van der Waals surface area contributed by atoms with E-state index in [0.717, 1.165) is 35.0 Å². The molecule has 0 fully saturated rings. The number of nitrogens with zero attached hydrogens (tertiary/aromatic N) is 3. The fraction of sp³-hybridized carbons (Fsp3) is 0.250. The Balaban J connectivity index is 1.54. The smallest absolute Gasteiger partial charge is 0.255 e. The van der Waals surface area contributed by atoms with Gasteiger partial charge in [-0.05, 0) is 48.2 Å². The lowest BCUT2D eigenvalue weighted by molar-refractivity contribution is -0.111. The summed E-state index contributed by atoms with van der Waals surface area (Å²) in [5.41, 5.74) is 4.06. The van der Waals surface area contributed by atoms with Crippen LogP contribution in [-0.4, -0.2) is 34.9 Å². The largest absolute Gasteiger partial charge is 0.354 e. The second-order valence-corrected chi connectivity index (χ2v) is 7.20. The Kier molecular flexibility index (Phi) is 6.07. The first kappa shape index (κ1) is 20.1. The number of pyridine rings is 1. The van der Waals surface area contributed by atoms with Crippen LogP contribution in [0.1, 0.15) is 11.1 Å². The fourth-order valence-electron chi connectivity index (χ4n) is 3.58. The summed E-state index contributed by atoms with van der Waals surface area (Å²) < 4.78 is 14.0. The average Bonchev–Trinajstić information content (AvgIpc) is 3.18. The second kappa shape index (κ2) is 9.07. The zero-order valence-electron chi connectivity index (χ0n) is 17.2. The van der Waals surface area contributed by atoms with E-state index in [9.17, 15) is 4.79 Å². The molecule has 0 radical (unpaired) electrons. The first-order valence-corrected chi connectivity index (χ1v) is 9.95. The molecule has 0 aliphatic heterocycles. The van der Waals surface area contributed by atoms with Gasteiger partial charge in [0.25, 0.3) is 5.56 Å². The third-order valence-corrected chi connectivity index (χ3v) is 5.28. The van der Waals surface area contributed by atoms with E-state index >= 15 is 0 Å². The topological polar surface area (TPSA) is 58.3 Å². The highest BCUT2D eigenvalue weighted by molar-refractivity contribution is 5.80. The van der Waals surface area contributed by atoms with Crippen molar-refractivity contribution in [1.82, 2.24) is 14.3 Å². The summed E-state index contributed by atoms with van der Waals surface area (Å²) in [6.45, 7) is 0.492. The van der Waals surface area contributed by atoms with Crippen molar-refractivity contribution in [3.8, 4) is 5.69 Å². The van der Waals surface area contributed by atoms with Gasteiger partial charge >= 0.3 is 0 Å². The van der Waals surface area contributed by atoms with Crippen molar-refractivity contribution >= 4 is 10.9 Å². The summed E-state index contributed by atoms with van der Waals surface area (Å²) in [6.07, 6.45) is 5.03. The number of methoxy groups -OCH3 is 2. The molecule has 0 aliphatic rings. The molecule has 0 N–H and O–H groups in total. The molecule has 30 heavy (non-hydrogen) atoms. The Bertz CT molecular complexity index is 1180. The Labute approximate surface area is 175 Å². The van der Waals surface area contributed by atoms with Gasteiger partial charge in [0.2, 0.25) is 0 Å². The van der Waals surface area contributed by atoms with E-state index in [1.807, 2.05) is 53.3 Å². The van der Waals surface area contributed by atoms with Crippen molar-refractivity contribution in [2.24, 2.45) is 0 Å². The molecule has 2 aromatic carbocycles. The maximum absolute atomic E-state index is 12.7. The second-order valence-electron chi connectivity index (χ2n) is 7.20. The van der Waals surface area contributed by atoms with Crippen LogP contribution in [0.2, 0.25) is 0 Å². The molecule has 4 aromatic rings. The summed E-state index contributed by atoms with van der Waals surface area (Å²) in [7, 11) is 3.21. The van der Waals surface area contributed by atoms with Gasteiger partial charge in [-0.1, -0.05) is 30.3 Å². The minimum Gasteiger partial charge on any atom is -0.354 e. The van der Waals surface area contributed by atoms with E-state index in [0.29, 0.717) is 6.54 Å². The lowest BCUT2D eigenvalue weighted by Gasteiger charge is -2.14. The molecule has 2 aromatic heterocycles. The Morgan fingerprint density at radius 1 is 0.933 bits per heavy atom. The van der Waals surface area contributed by atoms with Crippen LogP contribution in [-0.2, 0) is 28.9 Å². The normalized spacial score (nSPS) is 11.4. The first-order valence-electron chi connectivity index (χ1n) is 9.95. The molecule has 2 heterocycles. The van der Waals surface area contributed by atoms with Crippen molar-refractivity contribution in [3.63, 3.8) is 0 Å². The molecule has 0 atom stereocenters. The standard InChI is InChI=1S/C24H25N3O3/c1-29-24(30-2)17-27-22-11-10-21(15-20(22)16-25-27)26-13-12-19(14-23(26)28)9-8-18-6-4-3-5-7-18/h3-7,10-16,24H,8-9,17H2,1-2H3. The monoisotopic (exact) mass is 403 g/mol. The number of aryl methyl sites for hydroxylation is 2. The van der Waals surface area contributed by atoms with Gasteiger partial charge < -0.3 is 9.47 Å². The maximum Gasteiger partial charge on any atom is 0.255 e. The zero-order chi connectivity index (χ0) is 20.9. The van der Waals surface area contributed by atoms with Crippen LogP contribution in [0, 0.1) is 0 Å². The van der Waals surface area contributed by atoms with Crippen molar-refractivity contribution < 1.29 is 9.47 Å². The minimum atomic E-state index is -0.362. The summed E-state index contributed by atoms with van der Waals surface area (Å²) in [5.74, 6) is 0. The highest BCUT2D eigenvalue weighted by atomic mass is 16.7. The van der Waals surface area contributed by atoms with Crippen LogP contribution >= 0.6 is 0 Å². The predicted octanol–water partition coefficient (Wildman–Crippen LogP) is 3.59. The molecule has 0 spiro atoms. The van der Waals surface area contributed by atoms with E-state index in [-0.39, 0.29) is 11.8 Å². The zero-order valence-corrected chi connectivity index (χ0v) is 17.2. The molecule has 0 saturated carbocycles. The van der Waals surface area contributed by atoms with Crippen LogP contribution in [0.15, 0.2) is 77.9 Å². The molecule has 154 valence electrons. The Hall–Kier alpha value is -3.22. The van der Waals surface area contributed by atoms with Gasteiger partial charge in [0, 0.05) is 37.6 Å². The third kappa shape index (κ3) is 4.35. The number of hydrogen-bond donors (Lipinski definition) is 0. The van der Waals surface area contributed by atoms with Gasteiger partial charge in [0.05, 0.1) is 18.3 Å². The molecular formula is C24H25N3O3. The van der Waals surface area contributed by atoms with Crippen LogP contribution < -0.4 is 5.56 Å². The van der Waals surface area contributed by atoms with E-state index in [1.54, 1.807) is 31.0 Å². The van der Waals surface area contributed by atoms with Crippen LogP contribution in [0.5, 0.6) is 0 Å². The number of aromatic nitrogens is 3. The lowest BCUT2D eigenvalue weighted by Crippen LogP contribution is -2.21. The van der Waals surface area contributed by atoms with Crippen molar-refractivity contribution in [2.75, 3.05) is 14.2 Å². The molecule has 6 nitrogen and oxygen atoms in total. The molecule has 0 aliphatic carbocycles. The number of ether oxygens (including phenoxy) is 2. The van der Waals surface area contributed by atoms with Gasteiger partial charge in [-0.15, -0.1) is 0 Å². The van der Waals surface area contributed by atoms with E-state index < -0.39 is 0 Å². The van der Waals surface area contributed by atoms with E-state index in [1.165, 1.54) is 5.56 Å². The molecule has 0 bridgehead atoms. The third-order valence-electron chi connectivity index (χ3n) is 5.28. The van der Waals surface area contributed by atoms with E-state index in [4.69, 9.17) is 9.47 Å². The lowest BCUT2D eigenvalue weighted by atomic mass is 10.1. The molecule has 6 heteroatoms. The van der Waals surface area contributed by atoms with Crippen molar-refractivity contribution in [3.05, 3.63) is 94.5 Å². The molecule has 0 amide bonds. The minimum absolute atomic E-state index is 0.0360. The number of rotatable bonds is 8. The SMILES string of the molecule is COC(Cn1ncc2cc(-n3ccc(CCc4ccccc4)cc3=O)ccc21)OC. The summed E-state index contributed by atoms with van der Waals surface area (Å²) >= 11 is 0. The van der Waals surface area contributed by atoms with Crippen LogP contribution in [0.3, 0.4) is 0 Å². The highest BCUT2D eigenvalue weighted by Crippen LogP contribution is 2.19. The molecule has 0 saturated heterocycles. The average molecular weight is 403 g/mol. The Morgan fingerprint density at radius 2 is 1.70 bits per heavy atom. The van der Waals surface area contributed by atoms with Gasteiger partial charge in [-0.2, -0.15) is 5.10 Å². The van der Waals surface area contributed by atoms with Crippen LogP contribution in [0.4, 0.5) is 0 Å². The quantitative estimate of drug-likeness (QED) is 0.422. The number of fused-ring (bicyclic) bond motifs is 1. The fourth-order valence-corrected chi connectivity index (χ4v) is 3.58. The maximum atomic E-state index is 12.7. The predicted molar refractivity (Wildman–Crippen MR) is 117 cm³/mol. The van der Waals surface area contributed by atoms with Gasteiger partial charge in [-0.3, -0.25) is 14.0 Å². The summed E-state index contributed by atoms with van der Waals surface area (Å²) in [6, 6.07) is 19.9. The molecular weight excluding hydrogens is 378 g/mol. The van der Waals surface area contributed by atoms with Gasteiger partial charge in [0.1, 0.15) is 0 Å². The Morgan fingerprint density at radius 3 is 2.43 bits per heavy atom. The highest BCUT2D eigenvalue weighted by Gasteiger charge is 2.11. The van der Waals surface area contributed by atoms with Gasteiger partial charge in [-0.25, -0.2) is 0 Å². The van der Waals surface area contributed by atoms with E-state index in [2.05, 4.69) is 17.2 Å². The number of hydrogen-bond acceptors (Lipinski definition) is 4. The molecule has 0 unspecified atom stereocenters. The summed E-state index contributed by atoms with van der Waals surface area (Å²) in [5, 5.41) is 5.38. The first-order chi connectivity index (χ1) is 14.7. The van der Waals surface area contributed by atoms with Crippen molar-refractivity contribution in [2.45, 2.75) is 25.7 Å². The molecule has 4 rings (SSSR count). The van der Waals surface area contributed by atoms with Crippen LogP contribution in [0.25, 0.3) is 16.6 Å². The number of benzene rings is 2. The summed E-state index contributed by atoms with van der Waals surface area (Å²) in [4.78, 5) is 12.7. The van der Waals surface area contributed by atoms with Gasteiger partial charge in [0.15, 0.2) is 6.29 Å².